The van der Waals surface area contributed by atoms with Crippen LogP contribution in [0.4, 0.5) is 0 Å². The first-order chi connectivity index (χ1) is 14.9. The number of aliphatic hydroxyl groups is 1. The predicted molar refractivity (Wildman–Crippen MR) is 123 cm³/mol. The van der Waals surface area contributed by atoms with Gasteiger partial charge in [-0.1, -0.05) is 65.2 Å². The normalized spacial score (nSPS) is 10.5. The largest absolute Gasteiger partial charge is 0.481 e. The van der Waals surface area contributed by atoms with Gasteiger partial charge in [-0.25, -0.2) is 0 Å². The minimum atomic E-state index is -0.803. The van der Waals surface area contributed by atoms with Crippen LogP contribution in [0.25, 0.3) is 0 Å². The van der Waals surface area contributed by atoms with Crippen molar-refractivity contribution in [2.45, 2.75) is 97.3 Å². The fraction of sp³-hybridized carbons (Fsp3) is 0.870. The number of aliphatic hydroxyl groups excluding tert-OH is 1. The number of aliphatic carboxylic acids is 2. The van der Waals surface area contributed by atoms with Crippen LogP contribution in [0.1, 0.15) is 97.3 Å². The first-order valence-electron chi connectivity index (χ1n) is 11.9. The highest BCUT2D eigenvalue weighted by atomic mass is 16.4. The van der Waals surface area contributed by atoms with Gasteiger partial charge in [-0.3, -0.25) is 19.3 Å². The molecule has 0 aromatic heterocycles. The molecule has 0 fully saturated rings. The zero-order chi connectivity index (χ0) is 23.7. The van der Waals surface area contributed by atoms with Crippen molar-refractivity contribution in [2.24, 2.45) is 0 Å². The van der Waals surface area contributed by atoms with Crippen LogP contribution >= 0.6 is 0 Å². The zero-order valence-electron chi connectivity index (χ0n) is 19.7. The van der Waals surface area contributed by atoms with Gasteiger partial charge in [-0.15, -0.1) is 0 Å². The van der Waals surface area contributed by atoms with Gasteiger partial charge in [0.05, 0.1) is 6.61 Å². The summed E-state index contributed by atoms with van der Waals surface area (Å²) in [6.07, 6.45) is 12.7. The Kier molecular flexibility index (Phi) is 25.0. The monoisotopic (exact) mass is 446 g/mol. The quantitative estimate of drug-likeness (QED) is 0.210. The summed E-state index contributed by atoms with van der Waals surface area (Å²) in [6, 6.07) is 0. The van der Waals surface area contributed by atoms with Gasteiger partial charge >= 0.3 is 11.9 Å². The Balaban J connectivity index is 0. The third-order valence-corrected chi connectivity index (χ3v) is 4.84. The lowest BCUT2D eigenvalue weighted by Crippen LogP contribution is -2.37. The molecule has 0 aromatic rings. The number of carboxylic acids is 2. The summed E-state index contributed by atoms with van der Waals surface area (Å²) in [5, 5.41) is 28.4. The molecule has 0 aliphatic heterocycles. The molecule has 8 heteroatoms. The first-order valence-corrected chi connectivity index (χ1v) is 11.9. The van der Waals surface area contributed by atoms with Crippen LogP contribution in [0.15, 0.2) is 0 Å². The summed E-state index contributed by atoms with van der Waals surface area (Å²) in [7, 11) is 0. The van der Waals surface area contributed by atoms with E-state index in [9.17, 15) is 14.4 Å². The van der Waals surface area contributed by atoms with E-state index in [4.69, 9.17) is 15.3 Å². The van der Waals surface area contributed by atoms with Crippen LogP contribution in [0.5, 0.6) is 0 Å². The van der Waals surface area contributed by atoms with Gasteiger partial charge < -0.3 is 20.6 Å². The van der Waals surface area contributed by atoms with Crippen molar-refractivity contribution < 1.29 is 29.7 Å². The number of unbranched alkanes of at least 4 members (excludes halogenated alkanes) is 8. The molecule has 0 bridgehead atoms. The maximum Gasteiger partial charge on any atom is 0.303 e. The smallest absolute Gasteiger partial charge is 0.303 e. The Labute approximate surface area is 188 Å². The van der Waals surface area contributed by atoms with Gasteiger partial charge in [0.1, 0.15) is 0 Å². The maximum absolute atomic E-state index is 11.8. The standard InChI is InChI=1S/C20H40N2O4.C3H6O2/c1-2-3-4-5-6-7-8-9-10-12-19(24)21-14-16-22(17-18-23)15-11-13-20(25)26;1-2-3(4)5/h23H,2-18H2,1H3,(H,21,24)(H,25,26);2H2,1H3,(H,4,5). The summed E-state index contributed by atoms with van der Waals surface area (Å²) in [4.78, 5) is 33.7. The number of rotatable bonds is 20. The number of amides is 1. The number of nitrogens with zero attached hydrogens (tertiary/aromatic N) is 1. The molecule has 31 heavy (non-hydrogen) atoms. The summed E-state index contributed by atoms with van der Waals surface area (Å²) in [5.41, 5.74) is 0. The van der Waals surface area contributed by atoms with E-state index in [-0.39, 0.29) is 25.4 Å². The van der Waals surface area contributed by atoms with Crippen LogP contribution in [0.3, 0.4) is 0 Å². The fourth-order valence-electron chi connectivity index (χ4n) is 2.97. The van der Waals surface area contributed by atoms with Gasteiger partial charge in [0.15, 0.2) is 0 Å². The molecule has 1 amide bonds. The van der Waals surface area contributed by atoms with Gasteiger partial charge in [0.25, 0.3) is 0 Å². The summed E-state index contributed by atoms with van der Waals surface area (Å²) in [5.74, 6) is -1.46. The second-order valence-corrected chi connectivity index (χ2v) is 7.74. The minimum Gasteiger partial charge on any atom is -0.481 e. The van der Waals surface area contributed by atoms with Crippen molar-refractivity contribution in [3.05, 3.63) is 0 Å². The van der Waals surface area contributed by atoms with Crippen LogP contribution in [-0.4, -0.2) is 70.9 Å². The highest BCUT2D eigenvalue weighted by molar-refractivity contribution is 5.75. The van der Waals surface area contributed by atoms with Crippen molar-refractivity contribution in [3.8, 4) is 0 Å². The molecule has 0 aliphatic carbocycles. The van der Waals surface area contributed by atoms with E-state index in [0.717, 1.165) is 12.8 Å². The molecule has 0 saturated carbocycles. The summed E-state index contributed by atoms with van der Waals surface area (Å²) >= 11 is 0. The Morgan fingerprint density at radius 1 is 0.710 bits per heavy atom. The lowest BCUT2D eigenvalue weighted by atomic mass is 10.1. The lowest BCUT2D eigenvalue weighted by molar-refractivity contribution is -0.137. The molecule has 0 heterocycles. The van der Waals surface area contributed by atoms with E-state index in [1.165, 1.54) is 44.9 Å². The molecule has 0 aromatic carbocycles. The molecule has 0 radical (unpaired) electrons. The predicted octanol–water partition coefficient (Wildman–Crippen LogP) is 3.66. The third kappa shape index (κ3) is 28.3. The Bertz CT molecular complexity index is 446. The van der Waals surface area contributed by atoms with E-state index in [1.807, 2.05) is 4.90 Å². The second-order valence-electron chi connectivity index (χ2n) is 7.74. The number of hydrogen-bond acceptors (Lipinski definition) is 5. The summed E-state index contributed by atoms with van der Waals surface area (Å²) in [6.45, 7) is 6.19. The molecule has 0 rings (SSSR count). The molecule has 184 valence electrons. The minimum absolute atomic E-state index is 0.0411. The lowest BCUT2D eigenvalue weighted by Gasteiger charge is -2.21. The third-order valence-electron chi connectivity index (χ3n) is 4.84. The Morgan fingerprint density at radius 2 is 1.26 bits per heavy atom. The van der Waals surface area contributed by atoms with Crippen LogP contribution < -0.4 is 5.32 Å². The van der Waals surface area contributed by atoms with Crippen LogP contribution in [-0.2, 0) is 14.4 Å². The number of hydrogen-bond donors (Lipinski definition) is 4. The molecule has 0 saturated heterocycles. The maximum atomic E-state index is 11.8. The molecular formula is C23H46N2O6. The van der Waals surface area contributed by atoms with Crippen LogP contribution in [0.2, 0.25) is 0 Å². The molecule has 4 N–H and O–H groups in total. The van der Waals surface area contributed by atoms with Crippen molar-refractivity contribution in [1.29, 1.82) is 0 Å². The SMILES string of the molecule is CCC(=O)O.CCCCCCCCCCCC(=O)NCCN(CCO)CCCC(=O)O. The van der Waals surface area contributed by atoms with E-state index in [0.29, 0.717) is 39.0 Å². The number of carbonyl (C=O) groups is 3. The summed E-state index contributed by atoms with van der Waals surface area (Å²) < 4.78 is 0. The molecule has 0 spiro atoms. The average molecular weight is 447 g/mol. The first kappa shape index (κ1) is 31.5. The van der Waals surface area contributed by atoms with E-state index in [2.05, 4.69) is 12.2 Å². The zero-order valence-corrected chi connectivity index (χ0v) is 19.7. The Hall–Kier alpha value is -1.67. The van der Waals surface area contributed by atoms with E-state index in [1.54, 1.807) is 6.92 Å². The van der Waals surface area contributed by atoms with Gasteiger partial charge in [0.2, 0.25) is 5.91 Å². The van der Waals surface area contributed by atoms with Crippen molar-refractivity contribution in [2.75, 3.05) is 32.8 Å². The molecule has 0 unspecified atom stereocenters. The van der Waals surface area contributed by atoms with E-state index < -0.39 is 11.9 Å². The van der Waals surface area contributed by atoms with E-state index >= 15 is 0 Å². The highest BCUT2D eigenvalue weighted by Gasteiger charge is 2.07. The molecule has 0 aliphatic rings. The Morgan fingerprint density at radius 3 is 1.74 bits per heavy atom. The average Bonchev–Trinajstić information content (AvgIpc) is 2.72. The fourth-order valence-corrected chi connectivity index (χ4v) is 2.97. The molecule has 0 atom stereocenters. The van der Waals surface area contributed by atoms with Gasteiger partial charge in [-0.05, 0) is 19.4 Å². The van der Waals surface area contributed by atoms with Crippen LogP contribution in [0, 0.1) is 0 Å². The highest BCUT2D eigenvalue weighted by Crippen LogP contribution is 2.10. The van der Waals surface area contributed by atoms with Crippen molar-refractivity contribution in [3.63, 3.8) is 0 Å². The van der Waals surface area contributed by atoms with Crippen molar-refractivity contribution >= 4 is 17.8 Å². The van der Waals surface area contributed by atoms with Gasteiger partial charge in [-0.2, -0.15) is 0 Å². The number of nitrogens with one attached hydrogen (secondary N) is 1. The number of carbonyl (C=O) groups excluding carboxylic acids is 1. The molecule has 8 nitrogen and oxygen atoms in total. The van der Waals surface area contributed by atoms with Gasteiger partial charge in [0, 0.05) is 38.9 Å². The topological polar surface area (TPSA) is 127 Å². The number of carboxylic acid groups (broad SMARTS) is 2. The molecular weight excluding hydrogens is 400 g/mol. The second kappa shape index (κ2) is 24.6. The van der Waals surface area contributed by atoms with Crippen molar-refractivity contribution in [1.82, 2.24) is 10.2 Å².